The molecule has 3 aromatic rings. The normalized spacial score (nSPS) is 16.8. The molecule has 5 rings (SSSR count). The van der Waals surface area contributed by atoms with E-state index < -0.39 is 12.0 Å². The van der Waals surface area contributed by atoms with Crippen LogP contribution in [0.2, 0.25) is 0 Å². The van der Waals surface area contributed by atoms with Crippen molar-refractivity contribution in [2.75, 3.05) is 31.6 Å². The standard InChI is InChI=1S/C29H36N4O3/c1-2-26-24-10-6-11-25(23(24)14-16-30-26)27(29(34)35)33-18-22(19-33)36-17-5-3-4-9-21-13-12-20-8-7-15-31-28(20)32-21/h6,10-14,16,22,27H,2-5,7-9,15,17-19H2,1H3,(H,31,32)(H,34,35). The monoisotopic (exact) mass is 488 g/mol. The molecule has 4 heterocycles. The maximum absolute atomic E-state index is 12.3. The van der Waals surface area contributed by atoms with Gasteiger partial charge in [-0.25, -0.2) is 4.98 Å². The van der Waals surface area contributed by atoms with E-state index in [1.807, 2.05) is 29.2 Å². The number of nitrogens with zero attached hydrogens (tertiary/aromatic N) is 3. The third kappa shape index (κ3) is 5.37. The van der Waals surface area contributed by atoms with Crippen molar-refractivity contribution in [1.82, 2.24) is 14.9 Å². The van der Waals surface area contributed by atoms with Crippen molar-refractivity contribution in [3.05, 3.63) is 65.1 Å². The number of ether oxygens (including phenoxy) is 1. The van der Waals surface area contributed by atoms with Crippen LogP contribution in [0.4, 0.5) is 5.82 Å². The molecule has 0 aliphatic carbocycles. The number of hydrogen-bond acceptors (Lipinski definition) is 6. The first-order valence-electron chi connectivity index (χ1n) is 13.3. The Morgan fingerprint density at radius 2 is 2.06 bits per heavy atom. The molecule has 1 unspecified atom stereocenters. The van der Waals surface area contributed by atoms with Crippen molar-refractivity contribution in [3.63, 3.8) is 0 Å². The average molecular weight is 489 g/mol. The predicted molar refractivity (Wildman–Crippen MR) is 141 cm³/mol. The van der Waals surface area contributed by atoms with E-state index in [-0.39, 0.29) is 6.10 Å². The molecule has 7 heteroatoms. The number of carbonyl (C=O) groups is 1. The molecule has 0 saturated carbocycles. The highest BCUT2D eigenvalue weighted by atomic mass is 16.5. The van der Waals surface area contributed by atoms with Crippen molar-refractivity contribution in [1.29, 1.82) is 0 Å². The number of anilines is 1. The fourth-order valence-corrected chi connectivity index (χ4v) is 5.43. The highest BCUT2D eigenvalue weighted by Gasteiger charge is 2.38. The lowest BCUT2D eigenvalue weighted by Gasteiger charge is -2.42. The first kappa shape index (κ1) is 24.7. The van der Waals surface area contributed by atoms with Crippen LogP contribution in [-0.4, -0.2) is 58.3 Å². The van der Waals surface area contributed by atoms with E-state index in [1.54, 1.807) is 6.20 Å². The molecule has 1 fully saturated rings. The quantitative estimate of drug-likeness (QED) is 0.375. The lowest BCUT2D eigenvalue weighted by atomic mass is 9.94. The molecule has 0 radical (unpaired) electrons. The number of carboxylic acid groups (broad SMARTS) is 1. The van der Waals surface area contributed by atoms with Gasteiger partial charge in [0.05, 0.1) is 6.10 Å². The second kappa shape index (κ2) is 11.4. The molecule has 2 aliphatic rings. The molecule has 0 bridgehead atoms. The summed E-state index contributed by atoms with van der Waals surface area (Å²) in [6.45, 7) is 5.10. The molecule has 190 valence electrons. The van der Waals surface area contributed by atoms with E-state index in [2.05, 4.69) is 29.4 Å². The third-order valence-electron chi connectivity index (χ3n) is 7.41. The van der Waals surface area contributed by atoms with Crippen molar-refractivity contribution in [3.8, 4) is 0 Å². The Kier molecular flexibility index (Phi) is 7.78. The number of aromatic nitrogens is 2. The molecule has 0 amide bonds. The number of aliphatic carboxylic acids is 1. The van der Waals surface area contributed by atoms with Gasteiger partial charge in [0, 0.05) is 49.2 Å². The fraction of sp³-hybridized carbons (Fsp3) is 0.483. The molecule has 0 spiro atoms. The number of pyridine rings is 2. The van der Waals surface area contributed by atoms with Crippen LogP contribution in [-0.2, 0) is 28.8 Å². The van der Waals surface area contributed by atoms with Crippen LogP contribution in [0.1, 0.15) is 61.2 Å². The Balaban J connectivity index is 1.07. The lowest BCUT2D eigenvalue weighted by Crippen LogP contribution is -2.55. The number of benzene rings is 1. The summed E-state index contributed by atoms with van der Waals surface area (Å²) in [6.07, 6.45) is 9.21. The predicted octanol–water partition coefficient (Wildman–Crippen LogP) is 4.79. The van der Waals surface area contributed by atoms with Gasteiger partial charge in [0.1, 0.15) is 11.9 Å². The number of likely N-dealkylation sites (tertiary alicyclic amines) is 1. The Bertz CT molecular complexity index is 1210. The van der Waals surface area contributed by atoms with E-state index >= 15 is 0 Å². The van der Waals surface area contributed by atoms with E-state index in [9.17, 15) is 9.90 Å². The number of fused-ring (bicyclic) bond motifs is 2. The fourth-order valence-electron chi connectivity index (χ4n) is 5.43. The van der Waals surface area contributed by atoms with Gasteiger partial charge < -0.3 is 15.2 Å². The van der Waals surface area contributed by atoms with Gasteiger partial charge in [0.25, 0.3) is 0 Å². The number of unbranched alkanes of at least 4 members (excludes halogenated alkanes) is 2. The minimum atomic E-state index is -0.818. The third-order valence-corrected chi connectivity index (χ3v) is 7.41. The SMILES string of the molecule is CCc1nccc2c(C(C(=O)O)N3CC(OCCCCCc4ccc5c(n4)NCCC5)C3)cccc12. The summed E-state index contributed by atoms with van der Waals surface area (Å²) in [5.41, 5.74) is 4.33. The molecule has 1 atom stereocenters. The van der Waals surface area contributed by atoms with Crippen LogP contribution in [0, 0.1) is 0 Å². The van der Waals surface area contributed by atoms with Crippen molar-refractivity contribution in [2.24, 2.45) is 0 Å². The lowest BCUT2D eigenvalue weighted by molar-refractivity contribution is -0.150. The van der Waals surface area contributed by atoms with Gasteiger partial charge in [-0.1, -0.05) is 37.6 Å². The Labute approximate surface area is 212 Å². The Morgan fingerprint density at radius 3 is 2.89 bits per heavy atom. The number of rotatable bonds is 11. The second-order valence-electron chi connectivity index (χ2n) is 9.89. The summed E-state index contributed by atoms with van der Waals surface area (Å²) in [4.78, 5) is 23.5. The minimum absolute atomic E-state index is 0.100. The molecule has 7 nitrogen and oxygen atoms in total. The summed E-state index contributed by atoms with van der Waals surface area (Å²) in [6, 6.07) is 11.6. The summed E-state index contributed by atoms with van der Waals surface area (Å²) in [5, 5.41) is 15.5. The smallest absolute Gasteiger partial charge is 0.325 e. The molecule has 1 saturated heterocycles. The molecule has 2 aliphatic heterocycles. The highest BCUT2D eigenvalue weighted by Crippen LogP contribution is 2.33. The first-order chi connectivity index (χ1) is 17.6. The molecule has 36 heavy (non-hydrogen) atoms. The molecular formula is C29H36N4O3. The zero-order valence-electron chi connectivity index (χ0n) is 21.1. The number of carboxylic acids is 1. The average Bonchev–Trinajstić information content (AvgIpc) is 2.88. The zero-order chi connectivity index (χ0) is 24.9. The van der Waals surface area contributed by atoms with E-state index in [1.165, 1.54) is 12.0 Å². The summed E-state index contributed by atoms with van der Waals surface area (Å²) < 4.78 is 6.05. The van der Waals surface area contributed by atoms with Crippen molar-refractivity contribution in [2.45, 2.75) is 64.0 Å². The van der Waals surface area contributed by atoms with Crippen molar-refractivity contribution >= 4 is 22.6 Å². The van der Waals surface area contributed by atoms with Crippen LogP contribution >= 0.6 is 0 Å². The van der Waals surface area contributed by atoms with Gasteiger partial charge in [-0.05, 0) is 67.2 Å². The Hall–Kier alpha value is -3.03. The molecule has 1 aromatic carbocycles. The largest absolute Gasteiger partial charge is 0.480 e. The summed E-state index contributed by atoms with van der Waals surface area (Å²) >= 11 is 0. The number of hydrogen-bond donors (Lipinski definition) is 2. The molecule has 2 aromatic heterocycles. The second-order valence-corrected chi connectivity index (χ2v) is 9.89. The first-order valence-corrected chi connectivity index (χ1v) is 13.3. The summed E-state index contributed by atoms with van der Waals surface area (Å²) in [7, 11) is 0. The van der Waals surface area contributed by atoms with Crippen LogP contribution in [0.3, 0.4) is 0 Å². The van der Waals surface area contributed by atoms with E-state index in [0.717, 1.165) is 85.2 Å². The van der Waals surface area contributed by atoms with Gasteiger partial charge >= 0.3 is 5.97 Å². The summed E-state index contributed by atoms with van der Waals surface area (Å²) in [5.74, 6) is 0.254. The molecular weight excluding hydrogens is 452 g/mol. The van der Waals surface area contributed by atoms with Gasteiger partial charge in [-0.3, -0.25) is 14.7 Å². The minimum Gasteiger partial charge on any atom is -0.480 e. The topological polar surface area (TPSA) is 87.6 Å². The van der Waals surface area contributed by atoms with Gasteiger partial charge in [-0.15, -0.1) is 0 Å². The number of nitrogens with one attached hydrogen (secondary N) is 1. The number of aryl methyl sites for hydroxylation is 3. The molecule has 2 N–H and O–H groups in total. The highest BCUT2D eigenvalue weighted by molar-refractivity contribution is 5.91. The van der Waals surface area contributed by atoms with Gasteiger partial charge in [0.2, 0.25) is 0 Å². The van der Waals surface area contributed by atoms with Gasteiger partial charge in [0.15, 0.2) is 0 Å². The van der Waals surface area contributed by atoms with Crippen LogP contribution < -0.4 is 5.32 Å². The van der Waals surface area contributed by atoms with Crippen LogP contribution in [0.25, 0.3) is 10.8 Å². The van der Waals surface area contributed by atoms with E-state index in [0.29, 0.717) is 13.1 Å². The maximum Gasteiger partial charge on any atom is 0.325 e. The van der Waals surface area contributed by atoms with Crippen LogP contribution in [0.15, 0.2) is 42.6 Å². The maximum atomic E-state index is 12.3. The van der Waals surface area contributed by atoms with Crippen LogP contribution in [0.5, 0.6) is 0 Å². The van der Waals surface area contributed by atoms with E-state index in [4.69, 9.17) is 9.72 Å². The zero-order valence-corrected chi connectivity index (χ0v) is 21.1. The Morgan fingerprint density at radius 1 is 1.17 bits per heavy atom. The van der Waals surface area contributed by atoms with Gasteiger partial charge in [-0.2, -0.15) is 0 Å². The van der Waals surface area contributed by atoms with Crippen molar-refractivity contribution < 1.29 is 14.6 Å².